The van der Waals surface area contributed by atoms with Gasteiger partial charge in [-0.05, 0) is 72.1 Å². The van der Waals surface area contributed by atoms with Gasteiger partial charge in [0.2, 0.25) is 0 Å². The second-order valence-electron chi connectivity index (χ2n) is 8.38. The number of aliphatic hydroxyl groups excluding tert-OH is 1. The minimum absolute atomic E-state index is 0.149. The number of carbonyl (C=O) groups excluding carboxylic acids is 2. The van der Waals surface area contributed by atoms with Crippen molar-refractivity contribution in [3.63, 3.8) is 0 Å². The summed E-state index contributed by atoms with van der Waals surface area (Å²) < 4.78 is 28.1. The number of hydrazone groups is 1. The number of ether oxygens (including phenoxy) is 5. The van der Waals surface area contributed by atoms with Crippen LogP contribution in [0.5, 0.6) is 23.0 Å². The molecule has 2 aromatic carbocycles. The molecule has 2 aromatic rings. The highest BCUT2D eigenvalue weighted by Gasteiger charge is 2.32. The van der Waals surface area contributed by atoms with Gasteiger partial charge in [0.1, 0.15) is 6.61 Å². The number of methoxy groups -OCH3 is 2. The molecule has 0 saturated carbocycles. The standard InChI is InChI=1S/C27H33BrN4O8/c1-6-38-20-12-17(24-23(26(34)37-5)15(3)30-27(35)31-24)8-9-19(20)40-14-22(33)32-29-13-16-10-18(28)25(39-7-2)21(11-16)36-4/h8-13,22,24,32-33H,6-7,14H2,1-5H3,(H2,30,31,35)/b29-13-/t22-,24+/m1/s1. The molecule has 13 heteroatoms. The van der Waals surface area contributed by atoms with E-state index in [0.717, 1.165) is 0 Å². The lowest BCUT2D eigenvalue weighted by Crippen LogP contribution is -2.45. The molecule has 2 amide bonds. The smallest absolute Gasteiger partial charge is 0.337 e. The molecule has 0 bridgehead atoms. The van der Waals surface area contributed by atoms with E-state index >= 15 is 0 Å². The predicted octanol–water partition coefficient (Wildman–Crippen LogP) is 3.38. The van der Waals surface area contributed by atoms with Crippen LogP contribution in [-0.2, 0) is 9.53 Å². The third kappa shape index (κ3) is 7.57. The van der Waals surface area contributed by atoms with Crippen LogP contribution in [0.2, 0.25) is 0 Å². The van der Waals surface area contributed by atoms with Crippen molar-refractivity contribution < 1.29 is 38.4 Å². The van der Waals surface area contributed by atoms with Gasteiger partial charge < -0.3 is 39.4 Å². The molecule has 1 aliphatic heterocycles. The Morgan fingerprint density at radius 3 is 2.55 bits per heavy atom. The zero-order valence-corrected chi connectivity index (χ0v) is 24.5. The van der Waals surface area contributed by atoms with Crippen molar-refractivity contribution in [3.8, 4) is 23.0 Å². The molecule has 0 saturated heterocycles. The molecular weight excluding hydrogens is 588 g/mol. The molecule has 0 spiro atoms. The quantitative estimate of drug-likeness (QED) is 0.114. The van der Waals surface area contributed by atoms with Gasteiger partial charge in [0, 0.05) is 5.70 Å². The van der Waals surface area contributed by atoms with Crippen molar-refractivity contribution in [1.29, 1.82) is 0 Å². The topological polar surface area (TPSA) is 149 Å². The molecule has 1 aliphatic rings. The normalized spacial score (nSPS) is 15.7. The van der Waals surface area contributed by atoms with Gasteiger partial charge in [-0.3, -0.25) is 5.43 Å². The van der Waals surface area contributed by atoms with Crippen LogP contribution < -0.4 is 35.0 Å². The number of esters is 1. The van der Waals surface area contributed by atoms with Gasteiger partial charge in [0.05, 0.1) is 49.7 Å². The Morgan fingerprint density at radius 2 is 1.88 bits per heavy atom. The van der Waals surface area contributed by atoms with Crippen LogP contribution in [0.25, 0.3) is 0 Å². The van der Waals surface area contributed by atoms with Gasteiger partial charge in [-0.25, -0.2) is 9.59 Å². The molecule has 0 unspecified atom stereocenters. The number of aliphatic hydroxyl groups is 1. The van der Waals surface area contributed by atoms with Crippen LogP contribution in [0.4, 0.5) is 4.79 Å². The van der Waals surface area contributed by atoms with Gasteiger partial charge in [-0.1, -0.05) is 6.07 Å². The summed E-state index contributed by atoms with van der Waals surface area (Å²) in [5, 5.41) is 19.8. The van der Waals surface area contributed by atoms with Gasteiger partial charge in [0.25, 0.3) is 0 Å². The first-order valence-electron chi connectivity index (χ1n) is 12.4. The number of amides is 2. The minimum atomic E-state index is -1.14. The van der Waals surface area contributed by atoms with Crippen molar-refractivity contribution >= 4 is 34.1 Å². The molecule has 2 atom stereocenters. The molecule has 0 radical (unpaired) electrons. The van der Waals surface area contributed by atoms with E-state index in [1.54, 1.807) is 38.3 Å². The van der Waals surface area contributed by atoms with Crippen molar-refractivity contribution in [3.05, 3.63) is 57.2 Å². The number of nitrogens with zero attached hydrogens (tertiary/aromatic N) is 1. The van der Waals surface area contributed by atoms with Crippen molar-refractivity contribution in [2.45, 2.75) is 33.0 Å². The van der Waals surface area contributed by atoms with Crippen molar-refractivity contribution in [2.75, 3.05) is 34.0 Å². The molecular formula is C27H33BrN4O8. The SMILES string of the molecule is CCOc1cc([C@@H]2NC(=O)NC(C)=C2C(=O)OC)ccc1OC[C@@H](O)N/N=C\c1cc(Br)c(OCC)c(OC)c1. The Hall–Kier alpha value is -3.97. The number of hydrogen-bond acceptors (Lipinski definition) is 10. The number of urea groups is 1. The Kier molecular flexibility index (Phi) is 11.0. The lowest BCUT2D eigenvalue weighted by Gasteiger charge is -2.28. The van der Waals surface area contributed by atoms with Crippen molar-refractivity contribution in [1.82, 2.24) is 16.1 Å². The predicted molar refractivity (Wildman–Crippen MR) is 151 cm³/mol. The summed E-state index contributed by atoms with van der Waals surface area (Å²) in [6, 6.07) is 7.37. The maximum atomic E-state index is 12.4. The summed E-state index contributed by atoms with van der Waals surface area (Å²) in [6.45, 7) is 6.00. The van der Waals surface area contributed by atoms with E-state index in [0.29, 0.717) is 57.5 Å². The van der Waals surface area contributed by atoms with Gasteiger partial charge in [-0.15, -0.1) is 0 Å². The van der Waals surface area contributed by atoms with E-state index in [-0.39, 0.29) is 12.2 Å². The summed E-state index contributed by atoms with van der Waals surface area (Å²) >= 11 is 3.46. The van der Waals surface area contributed by atoms with E-state index in [2.05, 4.69) is 37.1 Å². The number of nitrogens with one attached hydrogen (secondary N) is 3. The monoisotopic (exact) mass is 620 g/mol. The van der Waals surface area contributed by atoms with E-state index in [4.69, 9.17) is 23.7 Å². The van der Waals surface area contributed by atoms with Crippen molar-refractivity contribution in [2.24, 2.45) is 5.10 Å². The highest BCUT2D eigenvalue weighted by molar-refractivity contribution is 9.10. The number of benzene rings is 2. The summed E-state index contributed by atoms with van der Waals surface area (Å²) in [5.41, 5.74) is 4.57. The first kappa shape index (κ1) is 30.6. The third-order valence-corrected chi connectivity index (χ3v) is 6.24. The molecule has 12 nitrogen and oxygen atoms in total. The molecule has 1 heterocycles. The second kappa shape index (κ2) is 14.4. The number of halogens is 1. The van der Waals surface area contributed by atoms with Crippen LogP contribution in [0.1, 0.15) is 37.9 Å². The first-order valence-corrected chi connectivity index (χ1v) is 13.2. The minimum Gasteiger partial charge on any atom is -0.493 e. The van der Waals surface area contributed by atoms with Crippen LogP contribution in [0.3, 0.4) is 0 Å². The summed E-state index contributed by atoms with van der Waals surface area (Å²) in [7, 11) is 2.82. The van der Waals surface area contributed by atoms with Crippen LogP contribution in [-0.4, -0.2) is 63.6 Å². The highest BCUT2D eigenvalue weighted by atomic mass is 79.9. The zero-order valence-electron chi connectivity index (χ0n) is 22.9. The average molecular weight is 621 g/mol. The van der Waals surface area contributed by atoms with E-state index in [1.807, 2.05) is 19.9 Å². The molecule has 3 rings (SSSR count). The maximum Gasteiger partial charge on any atom is 0.337 e. The zero-order chi connectivity index (χ0) is 29.2. The fourth-order valence-corrected chi connectivity index (χ4v) is 4.49. The number of carbonyl (C=O) groups is 2. The van der Waals surface area contributed by atoms with E-state index in [1.165, 1.54) is 13.3 Å². The fraction of sp³-hybridized carbons (Fsp3) is 0.370. The molecule has 0 aromatic heterocycles. The number of rotatable bonds is 13. The molecule has 0 fully saturated rings. The Bertz CT molecular complexity index is 1280. The average Bonchev–Trinajstić information content (AvgIpc) is 2.93. The summed E-state index contributed by atoms with van der Waals surface area (Å²) in [6.07, 6.45) is 0.382. The van der Waals surface area contributed by atoms with E-state index < -0.39 is 24.3 Å². The second-order valence-corrected chi connectivity index (χ2v) is 9.24. The fourth-order valence-electron chi connectivity index (χ4n) is 3.92. The van der Waals surface area contributed by atoms with Crippen LogP contribution >= 0.6 is 15.9 Å². The number of hydrogen-bond donors (Lipinski definition) is 4. The third-order valence-electron chi connectivity index (χ3n) is 5.65. The number of allylic oxidation sites excluding steroid dienone is 1. The molecule has 216 valence electrons. The Labute approximate surface area is 240 Å². The maximum absolute atomic E-state index is 12.4. The summed E-state index contributed by atoms with van der Waals surface area (Å²) in [4.78, 5) is 24.5. The van der Waals surface area contributed by atoms with Gasteiger partial charge >= 0.3 is 12.0 Å². The Morgan fingerprint density at radius 1 is 1.12 bits per heavy atom. The van der Waals surface area contributed by atoms with Gasteiger partial charge in [0.15, 0.2) is 29.2 Å². The van der Waals surface area contributed by atoms with E-state index in [9.17, 15) is 14.7 Å². The molecule has 0 aliphatic carbocycles. The van der Waals surface area contributed by atoms with Crippen LogP contribution in [0, 0.1) is 0 Å². The molecule has 4 N–H and O–H groups in total. The summed E-state index contributed by atoms with van der Waals surface area (Å²) in [5.74, 6) is 1.30. The lowest BCUT2D eigenvalue weighted by molar-refractivity contribution is -0.136. The first-order chi connectivity index (χ1) is 19.2. The molecule has 40 heavy (non-hydrogen) atoms. The lowest BCUT2D eigenvalue weighted by atomic mass is 9.95. The highest BCUT2D eigenvalue weighted by Crippen LogP contribution is 2.37. The largest absolute Gasteiger partial charge is 0.493 e. The Balaban J connectivity index is 1.69. The van der Waals surface area contributed by atoms with Gasteiger partial charge in [-0.2, -0.15) is 5.10 Å². The van der Waals surface area contributed by atoms with Crippen LogP contribution in [0.15, 0.2) is 51.2 Å².